The van der Waals surface area contributed by atoms with Gasteiger partial charge in [-0.1, -0.05) is 12.1 Å². The molecule has 0 aliphatic heterocycles. The maximum absolute atomic E-state index is 12.5. The van der Waals surface area contributed by atoms with E-state index in [1.165, 1.54) is 28.7 Å². The van der Waals surface area contributed by atoms with Crippen molar-refractivity contribution in [2.45, 2.75) is 26.4 Å². The fourth-order valence-electron chi connectivity index (χ4n) is 2.17. The normalized spacial score (nSPS) is 11.2. The van der Waals surface area contributed by atoms with Gasteiger partial charge < -0.3 is 10.1 Å². The Balaban J connectivity index is 1.71. The molecule has 0 aliphatic carbocycles. The summed E-state index contributed by atoms with van der Waals surface area (Å²) in [5, 5.41) is 7.12. The third-order valence-corrected chi connectivity index (χ3v) is 5.10. The molecule has 2 N–H and O–H groups in total. The van der Waals surface area contributed by atoms with Gasteiger partial charge in [-0.15, -0.1) is 22.7 Å². The van der Waals surface area contributed by atoms with Crippen LogP contribution in [-0.4, -0.2) is 28.5 Å². The van der Waals surface area contributed by atoms with Crippen LogP contribution in [0.15, 0.2) is 35.7 Å². The number of aromatic nitrogens is 1. The summed E-state index contributed by atoms with van der Waals surface area (Å²) in [5.74, 6) is -1.06. The zero-order chi connectivity index (χ0) is 19.6. The molecule has 7 nitrogen and oxygen atoms in total. The van der Waals surface area contributed by atoms with Crippen molar-refractivity contribution in [1.82, 2.24) is 10.3 Å². The molecule has 2 aromatic heterocycles. The monoisotopic (exact) mass is 403 g/mol. The minimum absolute atomic E-state index is 0.181. The van der Waals surface area contributed by atoms with E-state index in [-0.39, 0.29) is 5.56 Å². The first kappa shape index (κ1) is 19.0. The number of rotatable bonds is 3. The van der Waals surface area contributed by atoms with Crippen LogP contribution in [0.1, 0.15) is 40.9 Å². The number of amides is 3. The van der Waals surface area contributed by atoms with Crippen LogP contribution in [0.3, 0.4) is 0 Å². The number of thiophene rings is 1. The lowest BCUT2D eigenvalue weighted by Gasteiger charge is -2.19. The van der Waals surface area contributed by atoms with E-state index in [0.717, 1.165) is 10.2 Å². The standard InChI is InChI=1S/C18H17N3O4S2/c1-18(2,3)25-17(24)21-13(22)10-8-9-26-15(10)20-14(23)16-19-11-6-4-5-7-12(11)27-16/h4-9H,1-3H3,(H,20,23)(H,21,22,24). The van der Waals surface area contributed by atoms with E-state index in [0.29, 0.717) is 10.0 Å². The van der Waals surface area contributed by atoms with Crippen molar-refractivity contribution in [2.24, 2.45) is 0 Å². The summed E-state index contributed by atoms with van der Waals surface area (Å²) in [4.78, 5) is 40.9. The third kappa shape index (κ3) is 4.69. The molecule has 0 aliphatic rings. The molecule has 0 unspecified atom stereocenters. The van der Waals surface area contributed by atoms with Gasteiger partial charge in [-0.25, -0.2) is 9.78 Å². The molecule has 3 aromatic rings. The Morgan fingerprint density at radius 1 is 1.07 bits per heavy atom. The fraction of sp³-hybridized carbons (Fsp3) is 0.222. The minimum atomic E-state index is -0.845. The Kier molecular flexibility index (Phi) is 5.24. The average molecular weight is 403 g/mol. The van der Waals surface area contributed by atoms with Crippen molar-refractivity contribution in [3.05, 3.63) is 46.3 Å². The van der Waals surface area contributed by atoms with E-state index in [1.54, 1.807) is 26.2 Å². The van der Waals surface area contributed by atoms with E-state index in [4.69, 9.17) is 4.74 Å². The van der Waals surface area contributed by atoms with Gasteiger partial charge in [-0.3, -0.25) is 14.9 Å². The van der Waals surface area contributed by atoms with Gasteiger partial charge in [0.2, 0.25) is 0 Å². The molecule has 0 spiro atoms. The number of ether oxygens (including phenoxy) is 1. The van der Waals surface area contributed by atoms with E-state index >= 15 is 0 Å². The lowest BCUT2D eigenvalue weighted by molar-refractivity contribution is 0.0508. The number of carbonyl (C=O) groups is 3. The Labute approximate surface area is 163 Å². The molecule has 140 valence electrons. The molecule has 0 saturated carbocycles. The van der Waals surface area contributed by atoms with Crippen molar-refractivity contribution >= 4 is 55.8 Å². The first-order valence-corrected chi connectivity index (χ1v) is 9.71. The number of carbonyl (C=O) groups excluding carboxylic acids is 3. The minimum Gasteiger partial charge on any atom is -0.444 e. The van der Waals surface area contributed by atoms with Crippen LogP contribution in [0.25, 0.3) is 10.2 Å². The Morgan fingerprint density at radius 3 is 2.52 bits per heavy atom. The smallest absolute Gasteiger partial charge is 0.414 e. The maximum Gasteiger partial charge on any atom is 0.414 e. The van der Waals surface area contributed by atoms with Gasteiger partial charge in [-0.05, 0) is 44.4 Å². The molecular formula is C18H17N3O4S2. The highest BCUT2D eigenvalue weighted by atomic mass is 32.1. The molecule has 2 heterocycles. The second-order valence-electron chi connectivity index (χ2n) is 6.56. The van der Waals surface area contributed by atoms with Gasteiger partial charge in [0, 0.05) is 0 Å². The number of anilines is 1. The highest BCUT2D eigenvalue weighted by Crippen LogP contribution is 2.26. The van der Waals surface area contributed by atoms with Crippen molar-refractivity contribution in [3.8, 4) is 0 Å². The molecule has 0 fully saturated rings. The number of imide groups is 1. The van der Waals surface area contributed by atoms with Crippen molar-refractivity contribution < 1.29 is 19.1 Å². The van der Waals surface area contributed by atoms with Gasteiger partial charge in [0.15, 0.2) is 5.01 Å². The lowest BCUT2D eigenvalue weighted by Crippen LogP contribution is -2.36. The summed E-state index contributed by atoms with van der Waals surface area (Å²) in [6.07, 6.45) is -0.845. The number of nitrogens with one attached hydrogen (secondary N) is 2. The number of para-hydroxylation sites is 1. The van der Waals surface area contributed by atoms with Crippen LogP contribution in [-0.2, 0) is 4.74 Å². The fourth-order valence-corrected chi connectivity index (χ4v) is 3.81. The SMILES string of the molecule is CC(C)(C)OC(=O)NC(=O)c1ccsc1NC(=O)c1nc2ccccc2s1. The van der Waals surface area contributed by atoms with Crippen LogP contribution in [0, 0.1) is 0 Å². The Hall–Kier alpha value is -2.78. The van der Waals surface area contributed by atoms with E-state index < -0.39 is 23.5 Å². The van der Waals surface area contributed by atoms with Gasteiger partial charge in [-0.2, -0.15) is 0 Å². The van der Waals surface area contributed by atoms with Crippen LogP contribution < -0.4 is 10.6 Å². The average Bonchev–Trinajstić information content (AvgIpc) is 3.18. The van der Waals surface area contributed by atoms with E-state index in [9.17, 15) is 14.4 Å². The topological polar surface area (TPSA) is 97.4 Å². The summed E-state index contributed by atoms with van der Waals surface area (Å²) in [5.41, 5.74) is 0.199. The number of alkyl carbamates (subject to hydrolysis) is 1. The van der Waals surface area contributed by atoms with Crippen LogP contribution in [0.4, 0.5) is 9.80 Å². The first-order valence-electron chi connectivity index (χ1n) is 8.02. The maximum atomic E-state index is 12.5. The van der Waals surface area contributed by atoms with Crippen molar-refractivity contribution in [1.29, 1.82) is 0 Å². The Bertz CT molecular complexity index is 984. The van der Waals surface area contributed by atoms with Gasteiger partial charge in [0.25, 0.3) is 11.8 Å². The molecule has 27 heavy (non-hydrogen) atoms. The third-order valence-electron chi connectivity index (χ3n) is 3.24. The molecule has 9 heteroatoms. The predicted octanol–water partition coefficient (Wildman–Crippen LogP) is 4.28. The molecule has 0 radical (unpaired) electrons. The summed E-state index contributed by atoms with van der Waals surface area (Å²) in [6, 6.07) is 8.96. The largest absolute Gasteiger partial charge is 0.444 e. The van der Waals surface area contributed by atoms with E-state index in [1.807, 2.05) is 24.3 Å². The number of thiazole rings is 1. The number of hydrogen-bond acceptors (Lipinski definition) is 7. The van der Waals surface area contributed by atoms with Gasteiger partial charge in [0.05, 0.1) is 15.8 Å². The zero-order valence-corrected chi connectivity index (χ0v) is 16.5. The number of fused-ring (bicyclic) bond motifs is 1. The lowest BCUT2D eigenvalue weighted by atomic mass is 10.2. The highest BCUT2D eigenvalue weighted by molar-refractivity contribution is 7.20. The molecule has 0 bridgehead atoms. The zero-order valence-electron chi connectivity index (χ0n) is 14.9. The number of hydrogen-bond donors (Lipinski definition) is 2. The second kappa shape index (κ2) is 7.45. The number of nitrogens with zero attached hydrogens (tertiary/aromatic N) is 1. The molecule has 3 rings (SSSR count). The van der Waals surface area contributed by atoms with E-state index in [2.05, 4.69) is 15.6 Å². The van der Waals surface area contributed by atoms with Crippen LogP contribution in [0.2, 0.25) is 0 Å². The summed E-state index contributed by atoms with van der Waals surface area (Å²) < 4.78 is 5.97. The first-order chi connectivity index (χ1) is 12.7. The summed E-state index contributed by atoms with van der Waals surface area (Å²) in [6.45, 7) is 5.10. The van der Waals surface area contributed by atoms with Crippen LogP contribution >= 0.6 is 22.7 Å². The molecule has 3 amide bonds. The second-order valence-corrected chi connectivity index (χ2v) is 8.51. The van der Waals surface area contributed by atoms with Crippen molar-refractivity contribution in [3.63, 3.8) is 0 Å². The van der Waals surface area contributed by atoms with Crippen LogP contribution in [0.5, 0.6) is 0 Å². The molecular weight excluding hydrogens is 386 g/mol. The van der Waals surface area contributed by atoms with Gasteiger partial charge >= 0.3 is 6.09 Å². The van der Waals surface area contributed by atoms with Gasteiger partial charge in [0.1, 0.15) is 10.6 Å². The summed E-state index contributed by atoms with van der Waals surface area (Å²) >= 11 is 2.45. The Morgan fingerprint density at radius 2 is 1.81 bits per heavy atom. The van der Waals surface area contributed by atoms with Crippen molar-refractivity contribution in [2.75, 3.05) is 5.32 Å². The quantitative estimate of drug-likeness (QED) is 0.680. The summed E-state index contributed by atoms with van der Waals surface area (Å²) in [7, 11) is 0. The molecule has 0 saturated heterocycles. The predicted molar refractivity (Wildman–Crippen MR) is 106 cm³/mol. The number of benzene rings is 1. The molecule has 0 atom stereocenters. The molecule has 1 aromatic carbocycles. The highest BCUT2D eigenvalue weighted by Gasteiger charge is 2.22.